The van der Waals surface area contributed by atoms with Crippen molar-refractivity contribution in [3.63, 3.8) is 0 Å². The Kier molecular flexibility index (Phi) is 5.81. The van der Waals surface area contributed by atoms with E-state index in [0.717, 1.165) is 6.20 Å². The number of carbonyl (C=O) groups excluding carboxylic acids is 1. The van der Waals surface area contributed by atoms with Crippen LogP contribution in [0.15, 0.2) is 11.0 Å². The third kappa shape index (κ3) is 4.25. The third-order valence-electron chi connectivity index (χ3n) is 3.79. The number of esters is 1. The molecular weight excluding hydrogens is 331 g/mol. The zero-order valence-corrected chi connectivity index (χ0v) is 13.1. The number of H-pyrrole nitrogens is 1. The molecule has 134 valence electrons. The molecule has 2 rings (SSSR count). The van der Waals surface area contributed by atoms with Gasteiger partial charge in [-0.15, -0.1) is 0 Å². The lowest BCUT2D eigenvalue weighted by atomic mass is 10.2. The fourth-order valence-corrected chi connectivity index (χ4v) is 2.68. The number of aromatic nitrogens is 2. The van der Waals surface area contributed by atoms with Gasteiger partial charge in [-0.25, -0.2) is 5.10 Å². The fourth-order valence-electron chi connectivity index (χ4n) is 2.68. The van der Waals surface area contributed by atoms with Gasteiger partial charge in [-0.3, -0.25) is 9.59 Å². The van der Waals surface area contributed by atoms with Crippen LogP contribution in [0, 0.1) is 0 Å². The number of carbonyl (C=O) groups is 1. The van der Waals surface area contributed by atoms with Gasteiger partial charge in [0.15, 0.2) is 0 Å². The van der Waals surface area contributed by atoms with Crippen molar-refractivity contribution in [2.45, 2.75) is 31.5 Å². The van der Waals surface area contributed by atoms with Gasteiger partial charge in [0.2, 0.25) is 0 Å². The molecule has 0 amide bonds. The van der Waals surface area contributed by atoms with Crippen LogP contribution in [0.2, 0.25) is 0 Å². The highest BCUT2D eigenvalue weighted by atomic mass is 19.4. The van der Waals surface area contributed by atoms with Gasteiger partial charge < -0.3 is 14.4 Å². The largest absolute Gasteiger partial charge is 0.469 e. The van der Waals surface area contributed by atoms with Crippen LogP contribution in [0.25, 0.3) is 0 Å². The molecule has 0 saturated carbocycles. The van der Waals surface area contributed by atoms with Gasteiger partial charge >= 0.3 is 12.1 Å². The third-order valence-corrected chi connectivity index (χ3v) is 3.79. The summed E-state index contributed by atoms with van der Waals surface area (Å²) in [6.07, 6.45) is -2.39. The maximum Gasteiger partial charge on any atom is 0.423 e. The summed E-state index contributed by atoms with van der Waals surface area (Å²) in [6, 6.07) is -0.313. The number of hydrogen-bond donors (Lipinski definition) is 1. The van der Waals surface area contributed by atoms with E-state index < -0.39 is 23.3 Å². The average Bonchev–Trinajstić information content (AvgIpc) is 2.98. The highest BCUT2D eigenvalue weighted by Crippen LogP contribution is 2.36. The van der Waals surface area contributed by atoms with Crippen LogP contribution in [0.1, 0.15) is 24.8 Å². The molecule has 0 bridgehead atoms. The molecule has 1 aromatic rings. The van der Waals surface area contributed by atoms with E-state index in [1.165, 1.54) is 12.0 Å². The summed E-state index contributed by atoms with van der Waals surface area (Å²) in [7, 11) is 1.26. The maximum absolute atomic E-state index is 13.2. The fraction of sp³-hybridized carbons (Fsp3) is 0.643. The number of alkyl halides is 3. The molecule has 1 N–H and O–H groups in total. The number of hydrogen-bond acceptors (Lipinski definition) is 6. The highest BCUT2D eigenvalue weighted by Gasteiger charge is 2.40. The Hall–Kier alpha value is -2.10. The molecule has 1 saturated heterocycles. The normalized spacial score (nSPS) is 18.0. The molecule has 1 atom stereocenters. The molecule has 0 unspecified atom stereocenters. The van der Waals surface area contributed by atoms with Gasteiger partial charge in [-0.1, -0.05) is 0 Å². The first-order valence-corrected chi connectivity index (χ1v) is 7.40. The number of rotatable bonds is 6. The molecule has 10 heteroatoms. The lowest BCUT2D eigenvalue weighted by Crippen LogP contribution is -2.37. The maximum atomic E-state index is 13.2. The molecular formula is C14H18F3N3O4. The monoisotopic (exact) mass is 349 g/mol. The van der Waals surface area contributed by atoms with E-state index >= 15 is 0 Å². The minimum Gasteiger partial charge on any atom is -0.469 e. The number of nitrogens with one attached hydrogen (secondary N) is 1. The zero-order chi connectivity index (χ0) is 17.7. The number of ether oxygens (including phenoxy) is 2. The summed E-state index contributed by atoms with van der Waals surface area (Å²) in [4.78, 5) is 24.1. The molecule has 24 heavy (non-hydrogen) atoms. The molecule has 0 aromatic carbocycles. The van der Waals surface area contributed by atoms with E-state index in [1.54, 1.807) is 0 Å². The Labute approximate surface area is 135 Å². The lowest BCUT2D eigenvalue weighted by molar-refractivity contribution is -0.142. The van der Waals surface area contributed by atoms with Crippen LogP contribution in [-0.2, 0) is 20.4 Å². The van der Waals surface area contributed by atoms with Crippen molar-refractivity contribution < 1.29 is 27.4 Å². The van der Waals surface area contributed by atoms with Crippen molar-refractivity contribution in [2.24, 2.45) is 0 Å². The minimum atomic E-state index is -4.77. The Bertz CT molecular complexity index is 632. The van der Waals surface area contributed by atoms with Crippen LogP contribution in [0.5, 0.6) is 0 Å². The zero-order valence-electron chi connectivity index (χ0n) is 13.1. The first kappa shape index (κ1) is 18.2. The van der Waals surface area contributed by atoms with Crippen molar-refractivity contribution >= 4 is 11.7 Å². The number of methoxy groups -OCH3 is 1. The van der Waals surface area contributed by atoms with E-state index in [2.05, 4.69) is 9.84 Å². The van der Waals surface area contributed by atoms with E-state index in [0.29, 0.717) is 19.4 Å². The van der Waals surface area contributed by atoms with E-state index in [9.17, 15) is 22.8 Å². The van der Waals surface area contributed by atoms with E-state index in [1.807, 2.05) is 5.10 Å². The summed E-state index contributed by atoms with van der Waals surface area (Å²) in [5.41, 5.74) is -2.76. The first-order chi connectivity index (χ1) is 11.3. The highest BCUT2D eigenvalue weighted by molar-refractivity contribution is 5.69. The van der Waals surface area contributed by atoms with Crippen LogP contribution in [0.3, 0.4) is 0 Å². The van der Waals surface area contributed by atoms with Gasteiger partial charge in [-0.2, -0.15) is 18.3 Å². The second-order valence-electron chi connectivity index (χ2n) is 5.35. The first-order valence-electron chi connectivity index (χ1n) is 7.40. The summed E-state index contributed by atoms with van der Waals surface area (Å²) in [6.45, 7) is 0.650. The van der Waals surface area contributed by atoms with Gasteiger partial charge in [0.1, 0.15) is 5.56 Å². The summed E-state index contributed by atoms with van der Waals surface area (Å²) >= 11 is 0. The van der Waals surface area contributed by atoms with Gasteiger partial charge in [0.25, 0.3) is 5.56 Å². The number of nitrogens with zero attached hydrogens (tertiary/aromatic N) is 2. The minimum absolute atomic E-state index is 0.0730. The average molecular weight is 349 g/mol. The molecule has 0 spiro atoms. The van der Waals surface area contributed by atoms with E-state index in [4.69, 9.17) is 4.74 Å². The Morgan fingerprint density at radius 1 is 1.50 bits per heavy atom. The van der Waals surface area contributed by atoms with Crippen molar-refractivity contribution in [1.29, 1.82) is 0 Å². The molecule has 1 aromatic heterocycles. The second kappa shape index (κ2) is 7.65. The number of aromatic amines is 1. The van der Waals surface area contributed by atoms with Gasteiger partial charge in [0, 0.05) is 6.54 Å². The smallest absolute Gasteiger partial charge is 0.423 e. The number of anilines is 1. The van der Waals surface area contributed by atoms with Crippen molar-refractivity contribution in [2.75, 3.05) is 31.8 Å². The van der Waals surface area contributed by atoms with E-state index in [-0.39, 0.29) is 31.4 Å². The topological polar surface area (TPSA) is 84.5 Å². The van der Waals surface area contributed by atoms with Crippen LogP contribution in [-0.4, -0.2) is 49.1 Å². The van der Waals surface area contributed by atoms with Crippen molar-refractivity contribution in [3.8, 4) is 0 Å². The quantitative estimate of drug-likeness (QED) is 0.616. The van der Waals surface area contributed by atoms with Crippen molar-refractivity contribution in [3.05, 3.63) is 22.1 Å². The Morgan fingerprint density at radius 3 is 2.92 bits per heavy atom. The predicted octanol–water partition coefficient (Wildman–Crippen LogP) is 1.34. The Balaban J connectivity index is 2.10. The second-order valence-corrected chi connectivity index (χ2v) is 5.35. The lowest BCUT2D eigenvalue weighted by Gasteiger charge is -2.28. The SMILES string of the molecule is COC(=O)CCOC[C@@H]1CCCN1c1cn[nH]c(=O)c1C(F)(F)F. The van der Waals surface area contributed by atoms with Crippen molar-refractivity contribution in [1.82, 2.24) is 10.2 Å². The Morgan fingerprint density at radius 2 is 2.25 bits per heavy atom. The molecule has 1 aliphatic rings. The molecule has 2 heterocycles. The molecule has 7 nitrogen and oxygen atoms in total. The standard InChI is InChI=1S/C14H18F3N3O4/c1-23-11(21)4-6-24-8-9-3-2-5-20(9)10-7-18-19-13(22)12(10)14(15,16)17/h7,9H,2-6,8H2,1H3,(H,19,22)/t9-/m0/s1. The number of halogens is 3. The predicted molar refractivity (Wildman–Crippen MR) is 77.7 cm³/mol. The molecule has 1 aliphatic heterocycles. The van der Waals surface area contributed by atoms with Crippen LogP contribution < -0.4 is 10.5 Å². The summed E-state index contributed by atoms with van der Waals surface area (Å²) < 4.78 is 49.3. The van der Waals surface area contributed by atoms with Crippen LogP contribution >= 0.6 is 0 Å². The molecule has 0 aliphatic carbocycles. The summed E-state index contributed by atoms with van der Waals surface area (Å²) in [5.74, 6) is -0.420. The van der Waals surface area contributed by atoms with Gasteiger partial charge in [0.05, 0.1) is 44.7 Å². The molecule has 1 fully saturated rings. The van der Waals surface area contributed by atoms with Crippen LogP contribution in [0.4, 0.5) is 18.9 Å². The summed E-state index contributed by atoms with van der Waals surface area (Å²) in [5, 5.41) is 5.31. The van der Waals surface area contributed by atoms with Gasteiger partial charge in [-0.05, 0) is 12.8 Å². The molecule has 0 radical (unpaired) electrons.